The molecule has 0 aromatic carbocycles. The van der Waals surface area contributed by atoms with E-state index in [1.165, 1.54) is 0 Å². The Labute approximate surface area is 120 Å². The van der Waals surface area contributed by atoms with Gasteiger partial charge in [-0.15, -0.1) is 12.4 Å². The Morgan fingerprint density at radius 1 is 1.53 bits per heavy atom. The normalized spacial score (nSPS) is 19.6. The monoisotopic (exact) mass is 286 g/mol. The molecule has 19 heavy (non-hydrogen) atoms. The Kier molecular flexibility index (Phi) is 5.38. The van der Waals surface area contributed by atoms with Crippen LogP contribution in [0.2, 0.25) is 0 Å². The lowest BCUT2D eigenvalue weighted by atomic mass is 10.1. The lowest BCUT2D eigenvalue weighted by Gasteiger charge is -2.23. The summed E-state index contributed by atoms with van der Waals surface area (Å²) in [6.07, 6.45) is 4.18. The Balaban J connectivity index is 0.00000180. The highest BCUT2D eigenvalue weighted by atomic mass is 35.5. The number of halogens is 1. The third kappa shape index (κ3) is 4.51. The molecule has 1 aromatic rings. The fourth-order valence-electron chi connectivity index (χ4n) is 2.13. The van der Waals surface area contributed by atoms with Crippen molar-refractivity contribution in [1.29, 1.82) is 0 Å². The van der Waals surface area contributed by atoms with E-state index >= 15 is 0 Å². The van der Waals surface area contributed by atoms with Gasteiger partial charge in [-0.05, 0) is 46.2 Å². The highest BCUT2D eigenvalue weighted by Crippen LogP contribution is 2.15. The second kappa shape index (κ2) is 6.39. The van der Waals surface area contributed by atoms with Crippen LogP contribution in [0.4, 0.5) is 0 Å². The van der Waals surface area contributed by atoms with Gasteiger partial charge in [0, 0.05) is 18.3 Å². The van der Waals surface area contributed by atoms with Gasteiger partial charge in [-0.25, -0.2) is 0 Å². The van der Waals surface area contributed by atoms with Crippen LogP contribution in [-0.4, -0.2) is 34.3 Å². The van der Waals surface area contributed by atoms with Crippen LogP contribution in [0, 0.1) is 0 Å². The van der Waals surface area contributed by atoms with E-state index < -0.39 is 0 Å². The van der Waals surface area contributed by atoms with Crippen molar-refractivity contribution in [3.05, 3.63) is 18.0 Å². The zero-order chi connectivity index (χ0) is 13.2. The van der Waals surface area contributed by atoms with Crippen molar-refractivity contribution in [2.75, 3.05) is 13.1 Å². The highest BCUT2D eigenvalue weighted by Gasteiger charge is 2.20. The van der Waals surface area contributed by atoms with Crippen molar-refractivity contribution >= 4 is 18.3 Å². The molecule has 1 amide bonds. The van der Waals surface area contributed by atoms with E-state index in [0.29, 0.717) is 11.7 Å². The second-order valence-corrected chi connectivity index (χ2v) is 5.89. The number of hydrogen-bond acceptors (Lipinski definition) is 3. The Bertz CT molecular complexity index is 419. The molecule has 0 radical (unpaired) electrons. The minimum atomic E-state index is -0.229. The van der Waals surface area contributed by atoms with Gasteiger partial charge in [0.05, 0.1) is 6.04 Å². The van der Waals surface area contributed by atoms with Crippen LogP contribution in [0.15, 0.2) is 12.3 Å². The van der Waals surface area contributed by atoms with Crippen molar-refractivity contribution in [2.24, 2.45) is 0 Å². The van der Waals surface area contributed by atoms with Gasteiger partial charge < -0.3 is 10.6 Å². The molecule has 2 heterocycles. The second-order valence-electron chi connectivity index (χ2n) is 5.89. The molecular weight excluding hydrogens is 264 g/mol. The van der Waals surface area contributed by atoms with Crippen LogP contribution in [0.25, 0.3) is 0 Å². The van der Waals surface area contributed by atoms with E-state index in [4.69, 9.17) is 0 Å². The van der Waals surface area contributed by atoms with Crippen LogP contribution < -0.4 is 10.6 Å². The summed E-state index contributed by atoms with van der Waals surface area (Å²) in [5, 5.41) is 10.7. The lowest BCUT2D eigenvalue weighted by Crippen LogP contribution is -2.40. The van der Waals surface area contributed by atoms with E-state index in [9.17, 15) is 4.79 Å². The minimum absolute atomic E-state index is 0. The standard InChI is InChI=1S/C13H22N4O.ClH/c1-13(2,3)15-12(18)11-6-8-17(16-11)10-5-4-7-14-9-10;/h6,8,10,14H,4-5,7,9H2,1-3H3,(H,15,18);1H. The van der Waals surface area contributed by atoms with Gasteiger partial charge >= 0.3 is 0 Å². The first-order valence-electron chi connectivity index (χ1n) is 6.54. The summed E-state index contributed by atoms with van der Waals surface area (Å²) in [7, 11) is 0. The van der Waals surface area contributed by atoms with Crippen LogP contribution in [0.1, 0.15) is 50.1 Å². The predicted molar refractivity (Wildman–Crippen MR) is 77.8 cm³/mol. The zero-order valence-electron chi connectivity index (χ0n) is 11.8. The molecule has 0 bridgehead atoms. The smallest absolute Gasteiger partial charge is 0.272 e. The van der Waals surface area contributed by atoms with Crippen LogP contribution in [0.5, 0.6) is 0 Å². The third-order valence-electron chi connectivity index (χ3n) is 2.97. The first-order valence-corrected chi connectivity index (χ1v) is 6.54. The molecule has 5 nitrogen and oxygen atoms in total. The fraction of sp³-hybridized carbons (Fsp3) is 0.692. The van der Waals surface area contributed by atoms with Gasteiger partial charge in [-0.2, -0.15) is 5.10 Å². The average molecular weight is 287 g/mol. The van der Waals surface area contributed by atoms with E-state index in [2.05, 4.69) is 15.7 Å². The number of piperidine rings is 1. The summed E-state index contributed by atoms with van der Waals surface area (Å²) in [6, 6.07) is 2.16. The van der Waals surface area contributed by atoms with Crippen LogP contribution in [0.3, 0.4) is 0 Å². The Morgan fingerprint density at radius 3 is 2.84 bits per heavy atom. The Morgan fingerprint density at radius 2 is 2.26 bits per heavy atom. The summed E-state index contributed by atoms with van der Waals surface area (Å²) in [5.41, 5.74) is 0.267. The van der Waals surface area contributed by atoms with Gasteiger partial charge in [0.2, 0.25) is 0 Å². The molecule has 108 valence electrons. The summed E-state index contributed by atoms with van der Waals surface area (Å²) in [5.74, 6) is -0.106. The molecule has 6 heteroatoms. The summed E-state index contributed by atoms with van der Waals surface area (Å²) in [6.45, 7) is 7.91. The van der Waals surface area contributed by atoms with Gasteiger partial charge in [-0.3, -0.25) is 9.48 Å². The van der Waals surface area contributed by atoms with E-state index in [1.807, 2.05) is 31.6 Å². The SMILES string of the molecule is CC(C)(C)NC(=O)c1ccn(C2CCCNC2)n1.Cl. The van der Waals surface area contributed by atoms with E-state index in [0.717, 1.165) is 25.9 Å². The van der Waals surface area contributed by atoms with Crippen molar-refractivity contribution in [1.82, 2.24) is 20.4 Å². The topological polar surface area (TPSA) is 59.0 Å². The van der Waals surface area contributed by atoms with Gasteiger partial charge in [0.1, 0.15) is 5.69 Å². The van der Waals surface area contributed by atoms with Crippen molar-refractivity contribution in [3.63, 3.8) is 0 Å². The number of hydrogen-bond donors (Lipinski definition) is 2. The number of carbonyl (C=O) groups excluding carboxylic acids is 1. The number of nitrogens with zero attached hydrogens (tertiary/aromatic N) is 2. The molecule has 2 rings (SSSR count). The van der Waals surface area contributed by atoms with Gasteiger partial charge in [0.25, 0.3) is 5.91 Å². The van der Waals surface area contributed by atoms with E-state index in [-0.39, 0.29) is 23.9 Å². The maximum atomic E-state index is 12.0. The summed E-state index contributed by atoms with van der Waals surface area (Å²) in [4.78, 5) is 12.0. The highest BCUT2D eigenvalue weighted by molar-refractivity contribution is 5.92. The molecule has 1 saturated heterocycles. The first-order chi connectivity index (χ1) is 8.46. The largest absolute Gasteiger partial charge is 0.346 e. The number of carbonyl (C=O) groups is 1. The lowest BCUT2D eigenvalue weighted by molar-refractivity contribution is 0.0913. The Hall–Kier alpha value is -1.07. The van der Waals surface area contributed by atoms with Gasteiger partial charge in [-0.1, -0.05) is 0 Å². The molecule has 1 aliphatic heterocycles. The molecule has 1 aliphatic rings. The maximum Gasteiger partial charge on any atom is 0.272 e. The first kappa shape index (κ1) is 16.0. The molecular formula is C13H23ClN4O. The quantitative estimate of drug-likeness (QED) is 0.871. The number of rotatable bonds is 2. The molecule has 0 aliphatic carbocycles. The average Bonchev–Trinajstić information content (AvgIpc) is 2.77. The molecule has 1 aromatic heterocycles. The summed E-state index contributed by atoms with van der Waals surface area (Å²) < 4.78 is 1.91. The van der Waals surface area contributed by atoms with Crippen molar-refractivity contribution in [3.8, 4) is 0 Å². The minimum Gasteiger partial charge on any atom is -0.346 e. The van der Waals surface area contributed by atoms with E-state index in [1.54, 1.807) is 6.07 Å². The molecule has 1 fully saturated rings. The molecule has 1 atom stereocenters. The fourth-order valence-corrected chi connectivity index (χ4v) is 2.13. The van der Waals surface area contributed by atoms with Crippen molar-refractivity contribution in [2.45, 2.75) is 45.2 Å². The van der Waals surface area contributed by atoms with Crippen LogP contribution in [-0.2, 0) is 0 Å². The number of aromatic nitrogens is 2. The molecule has 0 spiro atoms. The summed E-state index contributed by atoms with van der Waals surface area (Å²) >= 11 is 0. The molecule has 1 unspecified atom stereocenters. The molecule has 2 N–H and O–H groups in total. The molecule has 0 saturated carbocycles. The van der Waals surface area contributed by atoms with Crippen LogP contribution >= 0.6 is 12.4 Å². The van der Waals surface area contributed by atoms with Crippen molar-refractivity contribution < 1.29 is 4.79 Å². The number of nitrogens with one attached hydrogen (secondary N) is 2. The maximum absolute atomic E-state index is 12.0. The zero-order valence-corrected chi connectivity index (χ0v) is 12.6. The van der Waals surface area contributed by atoms with Gasteiger partial charge in [0.15, 0.2) is 0 Å². The third-order valence-corrected chi connectivity index (χ3v) is 2.97. The predicted octanol–water partition coefficient (Wildman–Crippen LogP) is 1.76. The number of amides is 1.